The lowest BCUT2D eigenvalue weighted by molar-refractivity contribution is 0.0994. The predicted octanol–water partition coefficient (Wildman–Crippen LogP) is 3.42. The van der Waals surface area contributed by atoms with Crippen LogP contribution in [-0.4, -0.2) is 16.1 Å². The van der Waals surface area contributed by atoms with Gasteiger partial charge in [0.1, 0.15) is 5.76 Å². The molecular formula is C17H12N4O4. The number of nitrogens with one attached hydrogen (secondary N) is 1. The van der Waals surface area contributed by atoms with Gasteiger partial charge in [0.2, 0.25) is 0 Å². The van der Waals surface area contributed by atoms with Crippen molar-refractivity contribution in [3.8, 4) is 23.0 Å². The highest BCUT2D eigenvalue weighted by Gasteiger charge is 2.17. The van der Waals surface area contributed by atoms with Crippen molar-refractivity contribution in [1.29, 1.82) is 0 Å². The molecule has 1 aromatic carbocycles. The van der Waals surface area contributed by atoms with E-state index >= 15 is 0 Å². The minimum Gasteiger partial charge on any atom is -0.459 e. The van der Waals surface area contributed by atoms with Crippen LogP contribution in [0.4, 0.5) is 11.7 Å². The number of nitrogen functional groups attached to an aromatic ring is 1. The van der Waals surface area contributed by atoms with Crippen molar-refractivity contribution < 1.29 is 18.0 Å². The lowest BCUT2D eigenvalue weighted by atomic mass is 10.1. The van der Waals surface area contributed by atoms with Gasteiger partial charge < -0.3 is 19.0 Å². The fourth-order valence-electron chi connectivity index (χ4n) is 2.19. The summed E-state index contributed by atoms with van der Waals surface area (Å²) in [5, 5.41) is 10.0. The van der Waals surface area contributed by atoms with Crippen LogP contribution < -0.4 is 11.1 Å². The van der Waals surface area contributed by atoms with E-state index in [4.69, 9.17) is 19.0 Å². The molecule has 0 fully saturated rings. The fraction of sp³-hybridized carbons (Fsp3) is 0. The molecule has 3 aromatic heterocycles. The van der Waals surface area contributed by atoms with Crippen molar-refractivity contribution in [2.45, 2.75) is 0 Å². The minimum atomic E-state index is -0.503. The zero-order chi connectivity index (χ0) is 17.2. The zero-order valence-corrected chi connectivity index (χ0v) is 12.8. The largest absolute Gasteiger partial charge is 0.459 e. The van der Waals surface area contributed by atoms with E-state index in [1.807, 2.05) is 12.1 Å². The average Bonchev–Trinajstić information content (AvgIpc) is 3.36. The summed E-state index contributed by atoms with van der Waals surface area (Å²) in [7, 11) is 0. The number of aromatic nitrogens is 2. The Balaban J connectivity index is 1.49. The second-order valence-corrected chi connectivity index (χ2v) is 5.13. The first kappa shape index (κ1) is 14.8. The number of carbonyl (C=O) groups is 1. The van der Waals surface area contributed by atoms with Gasteiger partial charge in [-0.3, -0.25) is 10.1 Å². The van der Waals surface area contributed by atoms with Gasteiger partial charge in [0, 0.05) is 11.3 Å². The maximum Gasteiger partial charge on any atom is 0.323 e. The Bertz CT molecular complexity index is 1000. The van der Waals surface area contributed by atoms with Crippen LogP contribution in [0.25, 0.3) is 23.0 Å². The van der Waals surface area contributed by atoms with E-state index in [0.29, 0.717) is 17.2 Å². The first-order valence-electron chi connectivity index (χ1n) is 7.33. The molecular weight excluding hydrogens is 324 g/mol. The number of anilines is 2. The number of carbonyl (C=O) groups excluding carboxylic acids is 1. The molecule has 25 heavy (non-hydrogen) atoms. The number of furan rings is 2. The van der Waals surface area contributed by atoms with Gasteiger partial charge in [-0.15, -0.1) is 5.10 Å². The minimum absolute atomic E-state index is 0.0539. The van der Waals surface area contributed by atoms with E-state index in [1.54, 1.807) is 36.4 Å². The Labute approximate surface area is 141 Å². The molecule has 0 aliphatic rings. The first-order chi connectivity index (χ1) is 12.2. The molecule has 0 bridgehead atoms. The Hall–Kier alpha value is -3.81. The van der Waals surface area contributed by atoms with Gasteiger partial charge in [-0.25, -0.2) is 0 Å². The summed E-state index contributed by atoms with van der Waals surface area (Å²) in [4.78, 5) is 12.2. The highest BCUT2D eigenvalue weighted by molar-refractivity contribution is 6.01. The van der Waals surface area contributed by atoms with Crippen LogP contribution in [0, 0.1) is 0 Å². The molecule has 4 rings (SSSR count). The SMILES string of the molecule is Nc1ccc(-c2ccc(C(=O)Nc3nnc(-c4ccco4)o3)o2)cc1. The van der Waals surface area contributed by atoms with Crippen molar-refractivity contribution in [2.24, 2.45) is 0 Å². The molecule has 1 amide bonds. The summed E-state index contributed by atoms with van der Waals surface area (Å²) in [6.07, 6.45) is 1.49. The van der Waals surface area contributed by atoms with Crippen molar-refractivity contribution in [2.75, 3.05) is 11.1 Å². The first-order valence-corrected chi connectivity index (χ1v) is 7.33. The summed E-state index contributed by atoms with van der Waals surface area (Å²) < 4.78 is 16.0. The molecule has 0 atom stereocenters. The second kappa shape index (κ2) is 6.00. The van der Waals surface area contributed by atoms with Crippen molar-refractivity contribution in [1.82, 2.24) is 10.2 Å². The quantitative estimate of drug-likeness (QED) is 0.548. The van der Waals surface area contributed by atoms with E-state index in [0.717, 1.165) is 5.56 Å². The third kappa shape index (κ3) is 3.00. The molecule has 0 saturated heterocycles. The molecule has 3 heterocycles. The van der Waals surface area contributed by atoms with Gasteiger partial charge in [0.15, 0.2) is 11.5 Å². The van der Waals surface area contributed by atoms with Gasteiger partial charge in [0.25, 0.3) is 11.8 Å². The Morgan fingerprint density at radius 2 is 1.80 bits per heavy atom. The molecule has 0 aliphatic heterocycles. The normalized spacial score (nSPS) is 10.7. The van der Waals surface area contributed by atoms with Crippen LogP contribution in [0.1, 0.15) is 10.6 Å². The van der Waals surface area contributed by atoms with Crippen molar-refractivity contribution in [3.63, 3.8) is 0 Å². The number of benzene rings is 1. The molecule has 0 radical (unpaired) electrons. The van der Waals surface area contributed by atoms with Crippen LogP contribution in [0.5, 0.6) is 0 Å². The molecule has 8 nitrogen and oxygen atoms in total. The van der Waals surface area contributed by atoms with Gasteiger partial charge in [0.05, 0.1) is 6.26 Å². The van der Waals surface area contributed by atoms with Gasteiger partial charge in [-0.1, -0.05) is 5.10 Å². The smallest absolute Gasteiger partial charge is 0.323 e. The van der Waals surface area contributed by atoms with Gasteiger partial charge >= 0.3 is 6.01 Å². The molecule has 0 aliphatic carbocycles. The summed E-state index contributed by atoms with van der Waals surface area (Å²) in [5.41, 5.74) is 7.12. The number of amides is 1. The molecule has 0 unspecified atom stereocenters. The number of hydrogen-bond donors (Lipinski definition) is 2. The summed E-state index contributed by atoms with van der Waals surface area (Å²) in [6.45, 7) is 0. The lowest BCUT2D eigenvalue weighted by Crippen LogP contribution is -2.11. The Kier molecular flexibility index (Phi) is 3.55. The third-order valence-electron chi connectivity index (χ3n) is 3.40. The van der Waals surface area contributed by atoms with Gasteiger partial charge in [-0.05, 0) is 48.5 Å². The van der Waals surface area contributed by atoms with E-state index in [-0.39, 0.29) is 17.7 Å². The lowest BCUT2D eigenvalue weighted by Gasteiger charge is -1.99. The molecule has 0 saturated carbocycles. The number of hydrogen-bond acceptors (Lipinski definition) is 7. The van der Waals surface area contributed by atoms with Crippen LogP contribution in [0.2, 0.25) is 0 Å². The van der Waals surface area contributed by atoms with E-state index in [9.17, 15) is 4.79 Å². The van der Waals surface area contributed by atoms with Crippen LogP contribution >= 0.6 is 0 Å². The maximum atomic E-state index is 12.2. The molecule has 4 aromatic rings. The Morgan fingerprint density at radius 3 is 2.56 bits per heavy atom. The predicted molar refractivity (Wildman–Crippen MR) is 88.5 cm³/mol. The molecule has 3 N–H and O–H groups in total. The van der Waals surface area contributed by atoms with E-state index < -0.39 is 5.91 Å². The zero-order valence-electron chi connectivity index (χ0n) is 12.8. The number of rotatable bonds is 4. The average molecular weight is 336 g/mol. The number of nitrogens with two attached hydrogens (primary N) is 1. The topological polar surface area (TPSA) is 120 Å². The third-order valence-corrected chi connectivity index (χ3v) is 3.40. The summed E-state index contributed by atoms with van der Waals surface area (Å²) in [5.74, 6) is 0.742. The van der Waals surface area contributed by atoms with Gasteiger partial charge in [-0.2, -0.15) is 0 Å². The standard InChI is InChI=1S/C17H12N4O4/c18-11-5-3-10(4-6-11)12-7-8-13(24-12)15(22)19-17-21-20-16(25-17)14-2-1-9-23-14/h1-9H,18H2,(H,19,21,22). The molecule has 8 heteroatoms. The fourth-order valence-corrected chi connectivity index (χ4v) is 2.19. The highest BCUT2D eigenvalue weighted by Crippen LogP contribution is 2.24. The molecule has 124 valence electrons. The summed E-state index contributed by atoms with van der Waals surface area (Å²) >= 11 is 0. The van der Waals surface area contributed by atoms with Crippen LogP contribution in [0.3, 0.4) is 0 Å². The monoisotopic (exact) mass is 336 g/mol. The van der Waals surface area contributed by atoms with Crippen molar-refractivity contribution >= 4 is 17.6 Å². The van der Waals surface area contributed by atoms with Crippen molar-refractivity contribution in [3.05, 3.63) is 60.6 Å². The van der Waals surface area contributed by atoms with E-state index in [2.05, 4.69) is 15.5 Å². The van der Waals surface area contributed by atoms with Crippen LogP contribution in [-0.2, 0) is 0 Å². The maximum absolute atomic E-state index is 12.2. The molecule has 0 spiro atoms. The van der Waals surface area contributed by atoms with Crippen LogP contribution in [0.15, 0.2) is 68.0 Å². The second-order valence-electron chi connectivity index (χ2n) is 5.13. The number of nitrogens with zero attached hydrogens (tertiary/aromatic N) is 2. The van der Waals surface area contributed by atoms with E-state index in [1.165, 1.54) is 6.26 Å². The Morgan fingerprint density at radius 1 is 0.960 bits per heavy atom. The summed E-state index contributed by atoms with van der Waals surface area (Å²) in [6, 6.07) is 13.7. The highest BCUT2D eigenvalue weighted by atomic mass is 16.4.